The molecule has 2 rings (SSSR count). The molecule has 0 aliphatic carbocycles. The number of carbonyl (C=O) groups is 2. The number of aryl methyl sites for hydroxylation is 2. The van der Waals surface area contributed by atoms with E-state index >= 15 is 0 Å². The van der Waals surface area contributed by atoms with Crippen LogP contribution in [0, 0.1) is 6.92 Å². The number of carboxylic acid groups (broad SMARTS) is 1. The number of carbonyl (C=O) groups excluding carboxylic acids is 1. The molecule has 1 atom stereocenters. The fourth-order valence-electron chi connectivity index (χ4n) is 2.29. The molecular formula is C14H19N3O3S. The van der Waals surface area contributed by atoms with Gasteiger partial charge in [0.1, 0.15) is 16.4 Å². The van der Waals surface area contributed by atoms with Crippen molar-refractivity contribution in [2.75, 3.05) is 6.54 Å². The number of rotatable bonds is 4. The van der Waals surface area contributed by atoms with Gasteiger partial charge in [-0.2, -0.15) is 0 Å². The highest BCUT2D eigenvalue weighted by Crippen LogP contribution is 2.31. The van der Waals surface area contributed by atoms with Crippen molar-refractivity contribution in [2.24, 2.45) is 0 Å². The van der Waals surface area contributed by atoms with E-state index in [-0.39, 0.29) is 16.7 Å². The fraction of sp³-hybridized carbons (Fsp3) is 0.571. The predicted molar refractivity (Wildman–Crippen MR) is 79.6 cm³/mol. The van der Waals surface area contributed by atoms with Crippen LogP contribution in [0.2, 0.25) is 0 Å². The quantitative estimate of drug-likeness (QED) is 0.824. The van der Waals surface area contributed by atoms with Crippen molar-refractivity contribution in [3.63, 3.8) is 0 Å². The minimum atomic E-state index is -1.02. The van der Waals surface area contributed by atoms with Gasteiger partial charge in [-0.3, -0.25) is 4.79 Å². The van der Waals surface area contributed by atoms with Crippen LogP contribution in [0.1, 0.15) is 48.1 Å². The minimum Gasteiger partial charge on any atom is -0.478 e. The smallest absolute Gasteiger partial charge is 0.340 e. The van der Waals surface area contributed by atoms with Crippen LogP contribution in [-0.4, -0.2) is 38.7 Å². The van der Waals surface area contributed by atoms with Gasteiger partial charge in [0.05, 0.1) is 5.69 Å². The molecular weight excluding hydrogens is 290 g/mol. The number of carboxylic acids is 1. The molecule has 6 nitrogen and oxygen atoms in total. The Morgan fingerprint density at radius 2 is 2.24 bits per heavy atom. The van der Waals surface area contributed by atoms with E-state index in [0.29, 0.717) is 35.9 Å². The Hall–Kier alpha value is -1.63. The first-order valence-corrected chi connectivity index (χ1v) is 7.93. The molecule has 1 saturated heterocycles. The van der Waals surface area contributed by atoms with Gasteiger partial charge < -0.3 is 10.4 Å². The summed E-state index contributed by atoms with van der Waals surface area (Å²) in [6.45, 7) is 4.31. The summed E-state index contributed by atoms with van der Waals surface area (Å²) < 4.78 is 0. The topological polar surface area (TPSA) is 92.2 Å². The maximum atomic E-state index is 11.6. The molecule has 1 aromatic heterocycles. The van der Waals surface area contributed by atoms with Gasteiger partial charge in [-0.25, -0.2) is 14.8 Å². The van der Waals surface area contributed by atoms with E-state index in [1.54, 1.807) is 6.92 Å². The Balaban J connectivity index is 2.30. The van der Waals surface area contributed by atoms with Crippen molar-refractivity contribution < 1.29 is 14.7 Å². The minimum absolute atomic E-state index is 0.0170. The Morgan fingerprint density at radius 1 is 1.48 bits per heavy atom. The van der Waals surface area contributed by atoms with Gasteiger partial charge in [-0.15, -0.1) is 11.8 Å². The maximum absolute atomic E-state index is 11.6. The number of nitrogens with one attached hydrogen (secondary N) is 1. The number of hydrogen-bond donors (Lipinski definition) is 2. The third-order valence-electron chi connectivity index (χ3n) is 3.35. The number of aromatic carboxylic acids is 1. The molecule has 0 spiro atoms. The van der Waals surface area contributed by atoms with Crippen LogP contribution in [0.25, 0.3) is 0 Å². The number of aromatic nitrogens is 2. The van der Waals surface area contributed by atoms with Crippen LogP contribution in [-0.2, 0) is 11.2 Å². The standard InChI is InChI=1S/C14H19N3O3S/c1-3-10-16-8(2)12(14(19)20)13(17-10)21-9-5-4-6-15-11(18)7-9/h9H,3-7H2,1-2H3,(H,15,18)(H,19,20). The molecule has 114 valence electrons. The zero-order valence-corrected chi connectivity index (χ0v) is 13.0. The molecule has 0 bridgehead atoms. The second-order valence-electron chi connectivity index (χ2n) is 5.00. The molecule has 1 fully saturated rings. The lowest BCUT2D eigenvalue weighted by atomic mass is 10.2. The monoisotopic (exact) mass is 309 g/mol. The second-order valence-corrected chi connectivity index (χ2v) is 6.29. The number of nitrogens with zero attached hydrogens (tertiary/aromatic N) is 2. The van der Waals surface area contributed by atoms with Crippen molar-refractivity contribution >= 4 is 23.6 Å². The zero-order valence-electron chi connectivity index (χ0n) is 12.2. The number of hydrogen-bond acceptors (Lipinski definition) is 5. The fourth-order valence-corrected chi connectivity index (χ4v) is 3.63. The lowest BCUT2D eigenvalue weighted by Gasteiger charge is -2.15. The molecule has 0 aromatic carbocycles. The van der Waals surface area contributed by atoms with Crippen LogP contribution in [0.5, 0.6) is 0 Å². The number of thioether (sulfide) groups is 1. The maximum Gasteiger partial charge on any atom is 0.340 e. The highest BCUT2D eigenvalue weighted by molar-refractivity contribution is 8.00. The van der Waals surface area contributed by atoms with Gasteiger partial charge in [0.2, 0.25) is 5.91 Å². The van der Waals surface area contributed by atoms with Crippen molar-refractivity contribution in [3.05, 3.63) is 17.1 Å². The average molecular weight is 309 g/mol. The molecule has 1 amide bonds. The van der Waals surface area contributed by atoms with Gasteiger partial charge in [0, 0.05) is 24.6 Å². The van der Waals surface area contributed by atoms with E-state index < -0.39 is 5.97 Å². The Labute approximate surface area is 127 Å². The van der Waals surface area contributed by atoms with Crippen molar-refractivity contribution in [1.29, 1.82) is 0 Å². The molecule has 21 heavy (non-hydrogen) atoms. The summed E-state index contributed by atoms with van der Waals surface area (Å²) in [5.41, 5.74) is 0.636. The van der Waals surface area contributed by atoms with E-state index in [1.165, 1.54) is 11.8 Å². The molecule has 1 aliphatic rings. The molecule has 1 aliphatic heterocycles. The summed E-state index contributed by atoms with van der Waals surface area (Å²) in [6.07, 6.45) is 2.82. The summed E-state index contributed by atoms with van der Waals surface area (Å²) in [5.74, 6) is -0.364. The largest absolute Gasteiger partial charge is 0.478 e. The first-order chi connectivity index (χ1) is 10.0. The first kappa shape index (κ1) is 15.8. The number of amides is 1. The van der Waals surface area contributed by atoms with Gasteiger partial charge in [-0.1, -0.05) is 6.92 Å². The molecule has 7 heteroatoms. The van der Waals surface area contributed by atoms with E-state index in [4.69, 9.17) is 0 Å². The highest BCUT2D eigenvalue weighted by Gasteiger charge is 2.24. The van der Waals surface area contributed by atoms with E-state index in [2.05, 4.69) is 15.3 Å². The Kier molecular flexibility index (Phi) is 5.17. The summed E-state index contributed by atoms with van der Waals surface area (Å²) in [4.78, 5) is 31.6. The van der Waals surface area contributed by atoms with Gasteiger partial charge in [0.15, 0.2) is 0 Å². The predicted octanol–water partition coefficient (Wildman–Crippen LogP) is 1.81. The molecule has 1 aromatic rings. The summed E-state index contributed by atoms with van der Waals surface area (Å²) >= 11 is 1.39. The van der Waals surface area contributed by atoms with Crippen LogP contribution < -0.4 is 5.32 Å². The van der Waals surface area contributed by atoms with Crippen LogP contribution in [0.4, 0.5) is 0 Å². The van der Waals surface area contributed by atoms with Crippen LogP contribution in [0.3, 0.4) is 0 Å². The van der Waals surface area contributed by atoms with Gasteiger partial charge in [0.25, 0.3) is 0 Å². The summed E-state index contributed by atoms with van der Waals surface area (Å²) in [6, 6.07) is 0. The average Bonchev–Trinajstić information content (AvgIpc) is 2.61. The van der Waals surface area contributed by atoms with Crippen molar-refractivity contribution in [2.45, 2.75) is 49.8 Å². The summed E-state index contributed by atoms with van der Waals surface area (Å²) in [5, 5.41) is 12.7. The molecule has 0 radical (unpaired) electrons. The second kappa shape index (κ2) is 6.89. The molecule has 2 heterocycles. The molecule has 0 saturated carbocycles. The third kappa shape index (κ3) is 3.93. The van der Waals surface area contributed by atoms with E-state index in [9.17, 15) is 14.7 Å². The first-order valence-electron chi connectivity index (χ1n) is 7.05. The lowest BCUT2D eigenvalue weighted by Crippen LogP contribution is -2.23. The van der Waals surface area contributed by atoms with Gasteiger partial charge in [-0.05, 0) is 19.8 Å². The SMILES string of the molecule is CCc1nc(C)c(C(=O)O)c(SC2CCCNC(=O)C2)n1. The zero-order chi connectivity index (χ0) is 15.4. The van der Waals surface area contributed by atoms with E-state index in [1.807, 2.05) is 6.92 Å². The highest BCUT2D eigenvalue weighted by atomic mass is 32.2. The van der Waals surface area contributed by atoms with Crippen molar-refractivity contribution in [1.82, 2.24) is 15.3 Å². The summed E-state index contributed by atoms with van der Waals surface area (Å²) in [7, 11) is 0. The Morgan fingerprint density at radius 3 is 2.90 bits per heavy atom. The molecule has 2 N–H and O–H groups in total. The third-order valence-corrected chi connectivity index (χ3v) is 4.60. The van der Waals surface area contributed by atoms with Crippen LogP contribution in [0.15, 0.2) is 5.03 Å². The van der Waals surface area contributed by atoms with Crippen LogP contribution >= 0.6 is 11.8 Å². The van der Waals surface area contributed by atoms with Crippen molar-refractivity contribution in [3.8, 4) is 0 Å². The van der Waals surface area contributed by atoms with Gasteiger partial charge >= 0.3 is 5.97 Å². The Bertz CT molecular complexity index is 563. The van der Waals surface area contributed by atoms with E-state index in [0.717, 1.165) is 12.8 Å². The normalized spacial score (nSPS) is 19.0. The molecule has 1 unspecified atom stereocenters. The lowest BCUT2D eigenvalue weighted by molar-refractivity contribution is -0.120.